The number of nitrogens with zero attached hydrogens (tertiary/aromatic N) is 1. The standard InChI is InChI=1S/C26H21NO4S/c1-16-23-6-4-5-7-24(23)30-26(16)25(29)20-10-14-22(15-11-20)32-21-12-8-19(9-13-21)17(2)27-31-18(3)28/h4-15H,1-3H3. The average Bonchev–Trinajstić information content (AvgIpc) is 3.14. The lowest BCUT2D eigenvalue weighted by atomic mass is 10.1. The van der Waals surface area contributed by atoms with Gasteiger partial charge in [0, 0.05) is 33.2 Å². The van der Waals surface area contributed by atoms with Crippen molar-refractivity contribution in [1.82, 2.24) is 0 Å². The van der Waals surface area contributed by atoms with Crippen LogP contribution >= 0.6 is 11.8 Å². The lowest BCUT2D eigenvalue weighted by molar-refractivity contribution is -0.140. The van der Waals surface area contributed by atoms with Crippen LogP contribution in [0.25, 0.3) is 11.0 Å². The van der Waals surface area contributed by atoms with Crippen molar-refractivity contribution in [3.63, 3.8) is 0 Å². The van der Waals surface area contributed by atoms with Crippen LogP contribution in [0.3, 0.4) is 0 Å². The SMILES string of the molecule is CC(=O)ON=C(C)c1ccc(Sc2ccc(C(=O)c3oc4ccccc4c3C)cc2)cc1. The lowest BCUT2D eigenvalue weighted by Gasteiger charge is -2.05. The summed E-state index contributed by atoms with van der Waals surface area (Å²) in [6.45, 7) is 5.00. The molecule has 0 radical (unpaired) electrons. The topological polar surface area (TPSA) is 68.9 Å². The van der Waals surface area contributed by atoms with Gasteiger partial charge in [-0.15, -0.1) is 0 Å². The van der Waals surface area contributed by atoms with Crippen molar-refractivity contribution in [3.05, 3.63) is 95.2 Å². The summed E-state index contributed by atoms with van der Waals surface area (Å²) >= 11 is 1.59. The van der Waals surface area contributed by atoms with Crippen LogP contribution in [0.15, 0.2) is 92.2 Å². The van der Waals surface area contributed by atoms with Crippen LogP contribution in [-0.4, -0.2) is 17.5 Å². The number of rotatable bonds is 6. The fourth-order valence-corrected chi connectivity index (χ4v) is 4.10. The molecular weight excluding hydrogens is 422 g/mol. The van der Waals surface area contributed by atoms with Gasteiger partial charge in [-0.25, -0.2) is 4.79 Å². The molecule has 0 aliphatic heterocycles. The van der Waals surface area contributed by atoms with Crippen LogP contribution in [-0.2, 0) is 9.63 Å². The smallest absolute Gasteiger partial charge is 0.331 e. The number of aryl methyl sites for hydroxylation is 1. The minimum atomic E-state index is -0.450. The number of oxime groups is 1. The first-order valence-corrected chi connectivity index (χ1v) is 10.9. The molecule has 0 amide bonds. The number of hydrogen-bond acceptors (Lipinski definition) is 6. The Morgan fingerprint density at radius 1 is 0.844 bits per heavy atom. The molecule has 0 N–H and O–H groups in total. The van der Waals surface area contributed by atoms with E-state index in [0.717, 1.165) is 31.9 Å². The molecule has 0 aliphatic carbocycles. The van der Waals surface area contributed by atoms with Crippen molar-refractivity contribution >= 4 is 40.2 Å². The summed E-state index contributed by atoms with van der Waals surface area (Å²) in [6, 6.07) is 23.0. The van der Waals surface area contributed by atoms with Gasteiger partial charge in [0.15, 0.2) is 5.76 Å². The second-order valence-corrected chi connectivity index (χ2v) is 8.44. The predicted molar refractivity (Wildman–Crippen MR) is 125 cm³/mol. The highest BCUT2D eigenvalue weighted by molar-refractivity contribution is 7.99. The van der Waals surface area contributed by atoms with Gasteiger partial charge >= 0.3 is 5.97 Å². The van der Waals surface area contributed by atoms with Gasteiger partial charge in [0.1, 0.15) is 5.58 Å². The number of furan rings is 1. The molecule has 1 heterocycles. The number of fused-ring (bicyclic) bond motifs is 1. The molecular formula is C26H21NO4S. The molecule has 0 fully saturated rings. The molecule has 4 aromatic rings. The number of carbonyl (C=O) groups is 2. The Kier molecular flexibility index (Phi) is 6.23. The van der Waals surface area contributed by atoms with Crippen molar-refractivity contribution < 1.29 is 18.8 Å². The third-order valence-corrected chi connectivity index (χ3v) is 6.00. The second-order valence-electron chi connectivity index (χ2n) is 7.29. The van der Waals surface area contributed by atoms with Crippen LogP contribution in [0.5, 0.6) is 0 Å². The highest BCUT2D eigenvalue weighted by Crippen LogP contribution is 2.30. The molecule has 0 atom stereocenters. The van der Waals surface area contributed by atoms with E-state index in [0.29, 0.717) is 17.0 Å². The first kappa shape index (κ1) is 21.6. The van der Waals surface area contributed by atoms with Crippen LogP contribution < -0.4 is 0 Å². The quantitative estimate of drug-likeness (QED) is 0.149. The van der Waals surface area contributed by atoms with Gasteiger partial charge in [0.05, 0.1) is 5.71 Å². The molecule has 32 heavy (non-hydrogen) atoms. The Bertz CT molecular complexity index is 1320. The number of benzene rings is 3. The van der Waals surface area contributed by atoms with E-state index in [4.69, 9.17) is 4.42 Å². The van der Waals surface area contributed by atoms with E-state index >= 15 is 0 Å². The van der Waals surface area contributed by atoms with Gasteiger partial charge in [-0.05, 0) is 61.9 Å². The highest BCUT2D eigenvalue weighted by Gasteiger charge is 2.19. The first-order valence-electron chi connectivity index (χ1n) is 10.1. The number of carbonyl (C=O) groups excluding carboxylic acids is 2. The summed E-state index contributed by atoms with van der Waals surface area (Å²) in [5.74, 6) is -0.191. The van der Waals surface area contributed by atoms with Crippen LogP contribution in [0, 0.1) is 6.92 Å². The van der Waals surface area contributed by atoms with E-state index in [1.807, 2.05) is 79.7 Å². The third kappa shape index (κ3) is 4.65. The minimum Gasteiger partial charge on any atom is -0.452 e. The molecule has 0 bridgehead atoms. The van der Waals surface area contributed by atoms with Crippen molar-refractivity contribution in [3.8, 4) is 0 Å². The van der Waals surface area contributed by atoms with E-state index in [-0.39, 0.29) is 5.78 Å². The molecule has 3 aromatic carbocycles. The maximum Gasteiger partial charge on any atom is 0.331 e. The van der Waals surface area contributed by atoms with Gasteiger partial charge in [-0.1, -0.05) is 47.2 Å². The van der Waals surface area contributed by atoms with Gasteiger partial charge in [-0.2, -0.15) is 0 Å². The summed E-state index contributed by atoms with van der Waals surface area (Å²) in [6.07, 6.45) is 0. The fraction of sp³-hybridized carbons (Fsp3) is 0.115. The molecule has 5 nitrogen and oxygen atoms in total. The first-order chi connectivity index (χ1) is 15.4. The van der Waals surface area contributed by atoms with E-state index in [2.05, 4.69) is 9.99 Å². The zero-order valence-electron chi connectivity index (χ0n) is 17.9. The van der Waals surface area contributed by atoms with Gasteiger partial charge in [0.25, 0.3) is 0 Å². The van der Waals surface area contributed by atoms with E-state index in [9.17, 15) is 9.59 Å². The zero-order chi connectivity index (χ0) is 22.7. The molecule has 0 unspecified atom stereocenters. The largest absolute Gasteiger partial charge is 0.452 e. The number of ketones is 1. The van der Waals surface area contributed by atoms with Gasteiger partial charge < -0.3 is 9.25 Å². The summed E-state index contributed by atoms with van der Waals surface area (Å²) in [7, 11) is 0. The predicted octanol–water partition coefficient (Wildman–Crippen LogP) is 6.41. The van der Waals surface area contributed by atoms with E-state index in [1.54, 1.807) is 18.7 Å². The molecule has 0 saturated heterocycles. The van der Waals surface area contributed by atoms with E-state index < -0.39 is 5.97 Å². The maximum atomic E-state index is 13.0. The molecule has 1 aromatic heterocycles. The van der Waals surface area contributed by atoms with Crippen molar-refractivity contribution in [2.24, 2.45) is 5.16 Å². The third-order valence-electron chi connectivity index (χ3n) is 4.99. The molecule has 4 rings (SSSR count). The lowest BCUT2D eigenvalue weighted by Crippen LogP contribution is -2.01. The van der Waals surface area contributed by atoms with E-state index in [1.165, 1.54) is 6.92 Å². The Balaban J connectivity index is 1.47. The maximum absolute atomic E-state index is 13.0. The minimum absolute atomic E-state index is 0.123. The van der Waals surface area contributed by atoms with Crippen molar-refractivity contribution in [2.75, 3.05) is 0 Å². The fourth-order valence-electron chi connectivity index (χ4n) is 3.28. The van der Waals surface area contributed by atoms with Gasteiger partial charge in [-0.3, -0.25) is 4.79 Å². The molecule has 6 heteroatoms. The normalized spacial score (nSPS) is 11.5. The molecule has 0 saturated carbocycles. The van der Waals surface area contributed by atoms with Crippen LogP contribution in [0.4, 0.5) is 0 Å². The summed E-state index contributed by atoms with van der Waals surface area (Å²) in [5, 5.41) is 4.76. The molecule has 0 spiro atoms. The van der Waals surface area contributed by atoms with Crippen molar-refractivity contribution in [1.29, 1.82) is 0 Å². The van der Waals surface area contributed by atoms with Crippen LogP contribution in [0.1, 0.15) is 41.1 Å². The molecule has 0 aliphatic rings. The Hall–Kier alpha value is -3.64. The average molecular weight is 444 g/mol. The summed E-state index contributed by atoms with van der Waals surface area (Å²) < 4.78 is 5.81. The number of hydrogen-bond donors (Lipinski definition) is 0. The molecule has 160 valence electrons. The number of para-hydroxylation sites is 1. The Morgan fingerprint density at radius 2 is 1.44 bits per heavy atom. The second kappa shape index (κ2) is 9.24. The van der Waals surface area contributed by atoms with Gasteiger partial charge in [0.2, 0.25) is 5.78 Å². The van der Waals surface area contributed by atoms with Crippen LogP contribution in [0.2, 0.25) is 0 Å². The summed E-state index contributed by atoms with van der Waals surface area (Å²) in [4.78, 5) is 30.6. The van der Waals surface area contributed by atoms with Crippen molar-refractivity contribution in [2.45, 2.75) is 30.6 Å². The summed E-state index contributed by atoms with van der Waals surface area (Å²) in [5.41, 5.74) is 3.66. The Labute approximate surface area is 190 Å². The highest BCUT2D eigenvalue weighted by atomic mass is 32.2. The zero-order valence-corrected chi connectivity index (χ0v) is 18.7. The Morgan fingerprint density at radius 3 is 2.03 bits per heavy atom. The monoisotopic (exact) mass is 443 g/mol.